The maximum atomic E-state index is 12.9. The molecular weight excluding hydrogens is 438 g/mol. The minimum absolute atomic E-state index is 0.0137. The summed E-state index contributed by atoms with van der Waals surface area (Å²) in [6.45, 7) is -0.316. The summed E-state index contributed by atoms with van der Waals surface area (Å²) >= 11 is 0. The molecular formula is C21H19N3O9. The van der Waals surface area contributed by atoms with Crippen LogP contribution in [0, 0.1) is 20.2 Å². The fraction of sp³-hybridized carbons (Fsp3) is 0.238. The number of hydrogen-bond acceptors (Lipinski definition) is 9. The van der Waals surface area contributed by atoms with Crippen molar-refractivity contribution in [3.63, 3.8) is 0 Å². The lowest BCUT2D eigenvalue weighted by atomic mass is 9.95. The first-order chi connectivity index (χ1) is 15.8. The first-order valence-corrected chi connectivity index (χ1v) is 9.72. The summed E-state index contributed by atoms with van der Waals surface area (Å²) in [6.07, 6.45) is 0. The standard InChI is InChI=1S/C21H19N3O9/c25-9-11-33-10-8-22-18(13-4-6-15(7-5-13)23(29)30)17(20(27)21(22)28)19(26)14-2-1-3-16(12-14)24(31)32/h1-7,12,18,25-26H,8-11H2/t18-/m1/s1. The van der Waals surface area contributed by atoms with Crippen LogP contribution >= 0.6 is 0 Å². The van der Waals surface area contributed by atoms with Crippen molar-refractivity contribution < 1.29 is 34.4 Å². The molecule has 0 bridgehead atoms. The Kier molecular flexibility index (Phi) is 7.10. The molecule has 3 rings (SSSR count). The molecule has 0 aliphatic carbocycles. The minimum atomic E-state index is -1.11. The number of non-ortho nitro benzene ring substituents is 2. The van der Waals surface area contributed by atoms with Crippen LogP contribution in [0.4, 0.5) is 11.4 Å². The maximum absolute atomic E-state index is 12.9. The van der Waals surface area contributed by atoms with Crippen LogP contribution in [-0.4, -0.2) is 63.0 Å². The number of carbonyl (C=O) groups is 2. The van der Waals surface area contributed by atoms with Crippen LogP contribution in [0.3, 0.4) is 0 Å². The fourth-order valence-electron chi connectivity index (χ4n) is 3.49. The highest BCUT2D eigenvalue weighted by atomic mass is 16.6. The zero-order chi connectivity index (χ0) is 24.1. The molecule has 1 saturated heterocycles. The largest absolute Gasteiger partial charge is 0.507 e. The minimum Gasteiger partial charge on any atom is -0.507 e. The molecule has 2 aromatic rings. The molecule has 2 aromatic carbocycles. The van der Waals surface area contributed by atoms with E-state index in [9.17, 15) is 34.9 Å². The van der Waals surface area contributed by atoms with Gasteiger partial charge in [0.05, 0.1) is 41.3 Å². The van der Waals surface area contributed by atoms with Gasteiger partial charge in [0.15, 0.2) is 0 Å². The van der Waals surface area contributed by atoms with Crippen molar-refractivity contribution in [2.45, 2.75) is 6.04 Å². The highest BCUT2D eigenvalue weighted by Gasteiger charge is 2.46. The van der Waals surface area contributed by atoms with E-state index >= 15 is 0 Å². The quantitative estimate of drug-likeness (QED) is 0.142. The number of rotatable bonds is 9. The summed E-state index contributed by atoms with van der Waals surface area (Å²) in [5, 5.41) is 41.9. The van der Waals surface area contributed by atoms with Crippen molar-refractivity contribution >= 4 is 28.8 Å². The van der Waals surface area contributed by atoms with E-state index in [0.717, 1.165) is 11.0 Å². The zero-order valence-electron chi connectivity index (χ0n) is 17.1. The number of amides is 1. The van der Waals surface area contributed by atoms with E-state index in [4.69, 9.17) is 9.84 Å². The second kappa shape index (κ2) is 9.97. The molecule has 1 aliphatic heterocycles. The van der Waals surface area contributed by atoms with Gasteiger partial charge in [-0.2, -0.15) is 0 Å². The van der Waals surface area contributed by atoms with E-state index < -0.39 is 33.3 Å². The summed E-state index contributed by atoms with van der Waals surface area (Å²) in [5.74, 6) is -2.55. The average Bonchev–Trinajstić information content (AvgIpc) is 3.06. The molecule has 0 aromatic heterocycles. The Balaban J connectivity index is 2.10. The third kappa shape index (κ3) is 4.86. The molecule has 172 valence electrons. The lowest BCUT2D eigenvalue weighted by Gasteiger charge is -2.25. The summed E-state index contributed by atoms with van der Waals surface area (Å²) in [7, 11) is 0. The average molecular weight is 457 g/mol. The normalized spacial score (nSPS) is 17.4. The lowest BCUT2D eigenvalue weighted by molar-refractivity contribution is -0.385. The van der Waals surface area contributed by atoms with Crippen LogP contribution in [-0.2, 0) is 14.3 Å². The second-order valence-corrected chi connectivity index (χ2v) is 6.98. The monoisotopic (exact) mass is 457 g/mol. The van der Waals surface area contributed by atoms with Gasteiger partial charge in [-0.05, 0) is 17.7 Å². The van der Waals surface area contributed by atoms with Gasteiger partial charge in [-0.25, -0.2) is 0 Å². The van der Waals surface area contributed by atoms with Gasteiger partial charge in [-0.15, -0.1) is 0 Å². The highest BCUT2D eigenvalue weighted by Crippen LogP contribution is 2.40. The summed E-state index contributed by atoms with van der Waals surface area (Å²) in [5.41, 5.74) is -0.561. The lowest BCUT2D eigenvalue weighted by Crippen LogP contribution is -2.33. The van der Waals surface area contributed by atoms with Crippen LogP contribution in [0.5, 0.6) is 0 Å². The molecule has 0 unspecified atom stereocenters. The first kappa shape index (κ1) is 23.5. The molecule has 2 N–H and O–H groups in total. The Morgan fingerprint density at radius 3 is 2.27 bits per heavy atom. The molecule has 12 nitrogen and oxygen atoms in total. The number of carbonyl (C=O) groups excluding carboxylic acids is 2. The van der Waals surface area contributed by atoms with Gasteiger partial charge in [0, 0.05) is 36.4 Å². The van der Waals surface area contributed by atoms with Gasteiger partial charge >= 0.3 is 0 Å². The molecule has 12 heteroatoms. The number of hydrogen-bond donors (Lipinski definition) is 2. The van der Waals surface area contributed by atoms with Gasteiger partial charge in [-0.1, -0.05) is 12.1 Å². The SMILES string of the molecule is O=C1C(=O)N(CCOCCO)[C@H](c2ccc([N+](=O)[O-])cc2)C1=C(O)c1cccc([N+](=O)[O-])c1. The number of likely N-dealkylation sites (tertiary alicyclic amines) is 1. The van der Waals surface area contributed by atoms with Crippen molar-refractivity contribution in [1.29, 1.82) is 0 Å². The molecule has 1 fully saturated rings. The van der Waals surface area contributed by atoms with Gasteiger partial charge in [0.1, 0.15) is 5.76 Å². The number of benzene rings is 2. The van der Waals surface area contributed by atoms with Gasteiger partial charge in [-0.3, -0.25) is 29.8 Å². The third-order valence-electron chi connectivity index (χ3n) is 5.00. The zero-order valence-corrected chi connectivity index (χ0v) is 17.1. The van der Waals surface area contributed by atoms with Crippen LogP contribution in [0.25, 0.3) is 5.76 Å². The Hall–Kier alpha value is -4.16. The summed E-state index contributed by atoms with van der Waals surface area (Å²) in [4.78, 5) is 47.6. The van der Waals surface area contributed by atoms with E-state index in [0.29, 0.717) is 5.56 Å². The Bertz CT molecular complexity index is 1130. The predicted molar refractivity (Wildman–Crippen MR) is 113 cm³/mol. The second-order valence-electron chi connectivity index (χ2n) is 6.98. The number of aliphatic hydroxyl groups excluding tert-OH is 2. The molecule has 33 heavy (non-hydrogen) atoms. The van der Waals surface area contributed by atoms with Crippen LogP contribution < -0.4 is 0 Å². The predicted octanol–water partition coefficient (Wildman–Crippen LogP) is 1.93. The van der Waals surface area contributed by atoms with Crippen LogP contribution in [0.1, 0.15) is 17.2 Å². The van der Waals surface area contributed by atoms with Gasteiger partial charge in [0.2, 0.25) is 0 Å². The summed E-state index contributed by atoms with van der Waals surface area (Å²) < 4.78 is 5.19. The van der Waals surface area contributed by atoms with Crippen LogP contribution in [0.15, 0.2) is 54.1 Å². The van der Waals surface area contributed by atoms with E-state index in [1.807, 2.05) is 0 Å². The third-order valence-corrected chi connectivity index (χ3v) is 5.00. The number of aliphatic hydroxyl groups is 2. The van der Waals surface area contributed by atoms with E-state index in [1.54, 1.807) is 0 Å². The number of nitro benzene ring substituents is 2. The highest BCUT2D eigenvalue weighted by molar-refractivity contribution is 6.46. The molecule has 1 heterocycles. The number of nitro groups is 2. The molecule has 0 saturated carbocycles. The number of ketones is 1. The van der Waals surface area contributed by atoms with Crippen LogP contribution in [0.2, 0.25) is 0 Å². The topological polar surface area (TPSA) is 173 Å². The van der Waals surface area contributed by atoms with Gasteiger partial charge < -0.3 is 19.8 Å². The Labute approximate surface area is 186 Å². The summed E-state index contributed by atoms with van der Waals surface area (Å²) in [6, 6.07) is 8.97. The molecule has 1 atom stereocenters. The Morgan fingerprint density at radius 1 is 1.00 bits per heavy atom. The fourth-order valence-corrected chi connectivity index (χ4v) is 3.49. The smallest absolute Gasteiger partial charge is 0.295 e. The Morgan fingerprint density at radius 2 is 1.67 bits per heavy atom. The van der Waals surface area contributed by atoms with Crippen molar-refractivity contribution in [2.75, 3.05) is 26.4 Å². The molecule has 1 aliphatic rings. The van der Waals surface area contributed by atoms with Crippen molar-refractivity contribution in [3.05, 3.63) is 85.5 Å². The van der Waals surface area contributed by atoms with Crippen molar-refractivity contribution in [2.24, 2.45) is 0 Å². The van der Waals surface area contributed by atoms with Crippen molar-refractivity contribution in [1.82, 2.24) is 4.90 Å². The first-order valence-electron chi connectivity index (χ1n) is 9.72. The molecule has 0 spiro atoms. The molecule has 0 radical (unpaired) electrons. The van der Waals surface area contributed by atoms with Gasteiger partial charge in [0.25, 0.3) is 23.1 Å². The van der Waals surface area contributed by atoms with E-state index in [1.165, 1.54) is 42.5 Å². The number of ether oxygens (including phenoxy) is 1. The van der Waals surface area contributed by atoms with E-state index in [-0.39, 0.29) is 48.9 Å². The molecule has 1 amide bonds. The van der Waals surface area contributed by atoms with E-state index in [2.05, 4.69) is 0 Å². The maximum Gasteiger partial charge on any atom is 0.295 e. The van der Waals surface area contributed by atoms with Crippen molar-refractivity contribution in [3.8, 4) is 0 Å². The number of Topliss-reactive ketones (excluding diaryl/α,β-unsaturated/α-hetero) is 1. The number of nitrogens with zero attached hydrogens (tertiary/aromatic N) is 3.